The molecular formula is C8H11ClN4. The third-order valence-corrected chi connectivity index (χ3v) is 2.43. The average molecular weight is 199 g/mol. The third kappa shape index (κ3) is 1.89. The molecule has 1 saturated heterocycles. The van der Waals surface area contributed by atoms with Crippen molar-refractivity contribution in [2.24, 2.45) is 0 Å². The number of halogens is 1. The highest BCUT2D eigenvalue weighted by molar-refractivity contribution is 6.22. The molecular weight excluding hydrogens is 188 g/mol. The predicted molar refractivity (Wildman–Crippen MR) is 51.9 cm³/mol. The Morgan fingerprint density at radius 2 is 2.54 bits per heavy atom. The standard InChI is InChI=1S/C8H11ClN4/c9-7-5-10-3-4-13(7)8-1-2-11-6-12-8/h1-2,6-7,10H,3-5H2. The van der Waals surface area contributed by atoms with Crippen LogP contribution in [0.1, 0.15) is 0 Å². The van der Waals surface area contributed by atoms with Crippen molar-refractivity contribution < 1.29 is 0 Å². The van der Waals surface area contributed by atoms with Crippen LogP contribution >= 0.6 is 11.6 Å². The Balaban J connectivity index is 2.15. The maximum atomic E-state index is 6.12. The van der Waals surface area contributed by atoms with E-state index in [0.717, 1.165) is 25.5 Å². The topological polar surface area (TPSA) is 41.0 Å². The van der Waals surface area contributed by atoms with Crippen LogP contribution in [0.2, 0.25) is 0 Å². The van der Waals surface area contributed by atoms with E-state index in [-0.39, 0.29) is 5.50 Å². The van der Waals surface area contributed by atoms with Crippen LogP contribution in [0.3, 0.4) is 0 Å². The van der Waals surface area contributed by atoms with Gasteiger partial charge in [0.15, 0.2) is 0 Å². The number of nitrogens with zero attached hydrogens (tertiary/aromatic N) is 3. The third-order valence-electron chi connectivity index (χ3n) is 2.04. The van der Waals surface area contributed by atoms with E-state index in [4.69, 9.17) is 11.6 Å². The molecule has 2 heterocycles. The van der Waals surface area contributed by atoms with Gasteiger partial charge in [-0.1, -0.05) is 11.6 Å². The zero-order valence-corrected chi connectivity index (χ0v) is 7.91. The second-order valence-electron chi connectivity index (χ2n) is 2.90. The first-order valence-electron chi connectivity index (χ1n) is 4.25. The number of hydrogen-bond donors (Lipinski definition) is 1. The lowest BCUT2D eigenvalue weighted by atomic mass is 10.3. The highest BCUT2D eigenvalue weighted by atomic mass is 35.5. The first-order valence-corrected chi connectivity index (χ1v) is 4.69. The van der Waals surface area contributed by atoms with Crippen molar-refractivity contribution in [2.75, 3.05) is 24.5 Å². The second kappa shape index (κ2) is 3.89. The summed E-state index contributed by atoms with van der Waals surface area (Å²) in [4.78, 5) is 10.1. The minimum absolute atomic E-state index is 0.0105. The van der Waals surface area contributed by atoms with Crippen LogP contribution in [0.4, 0.5) is 5.82 Å². The average Bonchev–Trinajstić information content (AvgIpc) is 2.20. The Morgan fingerprint density at radius 1 is 1.62 bits per heavy atom. The summed E-state index contributed by atoms with van der Waals surface area (Å²) >= 11 is 6.12. The van der Waals surface area contributed by atoms with Crippen molar-refractivity contribution in [1.29, 1.82) is 0 Å². The first-order chi connectivity index (χ1) is 6.38. The highest BCUT2D eigenvalue weighted by Gasteiger charge is 2.20. The highest BCUT2D eigenvalue weighted by Crippen LogP contribution is 2.15. The Labute approximate surface area is 81.9 Å². The molecule has 0 saturated carbocycles. The summed E-state index contributed by atoms with van der Waals surface area (Å²) in [5, 5.41) is 3.22. The minimum Gasteiger partial charge on any atom is -0.338 e. The molecule has 70 valence electrons. The molecule has 0 spiro atoms. The maximum absolute atomic E-state index is 6.12. The summed E-state index contributed by atoms with van der Waals surface area (Å²) in [6.45, 7) is 2.64. The molecule has 1 unspecified atom stereocenters. The van der Waals surface area contributed by atoms with Crippen molar-refractivity contribution in [3.63, 3.8) is 0 Å². The van der Waals surface area contributed by atoms with E-state index >= 15 is 0 Å². The molecule has 1 aliphatic rings. The van der Waals surface area contributed by atoms with Crippen molar-refractivity contribution in [1.82, 2.24) is 15.3 Å². The summed E-state index contributed by atoms with van der Waals surface area (Å²) in [7, 11) is 0. The van der Waals surface area contributed by atoms with E-state index in [1.165, 1.54) is 0 Å². The van der Waals surface area contributed by atoms with Gasteiger partial charge in [0.1, 0.15) is 17.6 Å². The van der Waals surface area contributed by atoms with Crippen LogP contribution < -0.4 is 10.2 Å². The molecule has 0 amide bonds. The summed E-state index contributed by atoms with van der Waals surface area (Å²) < 4.78 is 0. The van der Waals surface area contributed by atoms with Crippen LogP contribution in [0.5, 0.6) is 0 Å². The largest absolute Gasteiger partial charge is 0.338 e. The Kier molecular flexibility index (Phi) is 2.61. The van der Waals surface area contributed by atoms with E-state index in [2.05, 4.69) is 20.2 Å². The molecule has 0 aromatic carbocycles. The molecule has 1 fully saturated rings. The van der Waals surface area contributed by atoms with Crippen LogP contribution in [0, 0.1) is 0 Å². The van der Waals surface area contributed by atoms with Crippen molar-refractivity contribution in [3.8, 4) is 0 Å². The molecule has 1 aromatic rings. The monoisotopic (exact) mass is 198 g/mol. The molecule has 1 aromatic heterocycles. The number of piperazine rings is 1. The van der Waals surface area contributed by atoms with Crippen LogP contribution in [0.15, 0.2) is 18.6 Å². The van der Waals surface area contributed by atoms with Gasteiger partial charge in [-0.15, -0.1) is 0 Å². The van der Waals surface area contributed by atoms with E-state index in [0.29, 0.717) is 0 Å². The fraction of sp³-hybridized carbons (Fsp3) is 0.500. The molecule has 0 aliphatic carbocycles. The SMILES string of the molecule is ClC1CNCCN1c1ccncn1. The molecule has 0 bridgehead atoms. The van der Waals surface area contributed by atoms with Crippen LogP contribution in [0.25, 0.3) is 0 Å². The fourth-order valence-corrected chi connectivity index (χ4v) is 1.69. The zero-order valence-electron chi connectivity index (χ0n) is 7.15. The molecule has 0 radical (unpaired) electrons. The lowest BCUT2D eigenvalue weighted by Crippen LogP contribution is -2.49. The molecule has 5 heteroatoms. The molecule has 1 atom stereocenters. The lowest BCUT2D eigenvalue weighted by Gasteiger charge is -2.32. The van der Waals surface area contributed by atoms with Gasteiger partial charge in [0.05, 0.1) is 0 Å². The van der Waals surface area contributed by atoms with Gasteiger partial charge in [0.2, 0.25) is 0 Å². The number of rotatable bonds is 1. The van der Waals surface area contributed by atoms with Gasteiger partial charge >= 0.3 is 0 Å². The van der Waals surface area contributed by atoms with E-state index < -0.39 is 0 Å². The summed E-state index contributed by atoms with van der Waals surface area (Å²) in [6, 6.07) is 1.88. The molecule has 1 N–H and O–H groups in total. The molecule has 13 heavy (non-hydrogen) atoms. The zero-order chi connectivity index (χ0) is 9.10. The normalized spacial score (nSPS) is 23.2. The Morgan fingerprint density at radius 3 is 3.23 bits per heavy atom. The predicted octanol–water partition coefficient (Wildman–Crippen LogP) is 0.451. The van der Waals surface area contributed by atoms with Gasteiger partial charge in [0.25, 0.3) is 0 Å². The number of aromatic nitrogens is 2. The van der Waals surface area contributed by atoms with Gasteiger partial charge in [-0.2, -0.15) is 0 Å². The van der Waals surface area contributed by atoms with Crippen molar-refractivity contribution >= 4 is 17.4 Å². The molecule has 4 nitrogen and oxygen atoms in total. The maximum Gasteiger partial charge on any atom is 0.133 e. The lowest BCUT2D eigenvalue weighted by molar-refractivity contribution is 0.554. The van der Waals surface area contributed by atoms with E-state index in [1.54, 1.807) is 12.5 Å². The number of alkyl halides is 1. The van der Waals surface area contributed by atoms with Gasteiger partial charge in [-0.3, -0.25) is 0 Å². The number of hydrogen-bond acceptors (Lipinski definition) is 4. The molecule has 1 aliphatic heterocycles. The summed E-state index contributed by atoms with van der Waals surface area (Å²) in [5.41, 5.74) is -0.0105. The van der Waals surface area contributed by atoms with Gasteiger partial charge in [-0.25, -0.2) is 9.97 Å². The van der Waals surface area contributed by atoms with Gasteiger partial charge < -0.3 is 10.2 Å². The number of anilines is 1. The quantitative estimate of drug-likeness (QED) is 0.526. The molecule has 2 rings (SSSR count). The van der Waals surface area contributed by atoms with Crippen molar-refractivity contribution in [2.45, 2.75) is 5.50 Å². The van der Waals surface area contributed by atoms with E-state index in [9.17, 15) is 0 Å². The number of nitrogens with one attached hydrogen (secondary N) is 1. The Bertz CT molecular complexity index is 266. The van der Waals surface area contributed by atoms with Crippen molar-refractivity contribution in [3.05, 3.63) is 18.6 Å². The summed E-state index contributed by atoms with van der Waals surface area (Å²) in [5.74, 6) is 0.900. The fourth-order valence-electron chi connectivity index (χ4n) is 1.38. The second-order valence-corrected chi connectivity index (χ2v) is 3.40. The smallest absolute Gasteiger partial charge is 0.133 e. The summed E-state index contributed by atoms with van der Waals surface area (Å²) in [6.07, 6.45) is 3.27. The van der Waals surface area contributed by atoms with Gasteiger partial charge in [0, 0.05) is 25.8 Å². The van der Waals surface area contributed by atoms with Gasteiger partial charge in [-0.05, 0) is 6.07 Å². The van der Waals surface area contributed by atoms with Crippen LogP contribution in [-0.2, 0) is 0 Å². The minimum atomic E-state index is -0.0105. The van der Waals surface area contributed by atoms with Crippen LogP contribution in [-0.4, -0.2) is 35.1 Å². The Hall–Kier alpha value is -0.870. The van der Waals surface area contributed by atoms with E-state index in [1.807, 2.05) is 6.07 Å². The first kappa shape index (κ1) is 8.72.